The van der Waals surface area contributed by atoms with Crippen LogP contribution >= 0.6 is 0 Å². The largest absolute Gasteiger partial charge is 0.326 e. The fourth-order valence-electron chi connectivity index (χ4n) is 2.97. The second kappa shape index (κ2) is 5.28. The highest BCUT2D eigenvalue weighted by atomic mass is 16.2. The van der Waals surface area contributed by atoms with Crippen LogP contribution in [-0.2, 0) is 5.54 Å². The highest BCUT2D eigenvalue weighted by Crippen LogP contribution is 2.37. The van der Waals surface area contributed by atoms with E-state index in [0.717, 1.165) is 36.5 Å². The van der Waals surface area contributed by atoms with Gasteiger partial charge in [0, 0.05) is 24.0 Å². The number of benzene rings is 1. The van der Waals surface area contributed by atoms with Crippen molar-refractivity contribution < 1.29 is 4.79 Å². The van der Waals surface area contributed by atoms with Gasteiger partial charge in [-0.15, -0.1) is 0 Å². The maximum atomic E-state index is 12.8. The van der Waals surface area contributed by atoms with Gasteiger partial charge in [-0.1, -0.05) is 18.2 Å². The zero-order valence-electron chi connectivity index (χ0n) is 12.4. The van der Waals surface area contributed by atoms with Gasteiger partial charge in [0.05, 0.1) is 0 Å². The Morgan fingerprint density at radius 3 is 2.71 bits per heavy atom. The average Bonchev–Trinajstić information content (AvgIpc) is 2.91. The van der Waals surface area contributed by atoms with E-state index in [1.807, 2.05) is 48.2 Å². The molecule has 1 aromatic heterocycles. The first-order valence-electron chi connectivity index (χ1n) is 7.28. The minimum atomic E-state index is -0.418. The molecule has 0 bridgehead atoms. The summed E-state index contributed by atoms with van der Waals surface area (Å²) in [5, 5.41) is 0. The van der Waals surface area contributed by atoms with E-state index in [9.17, 15) is 4.79 Å². The van der Waals surface area contributed by atoms with E-state index in [0.29, 0.717) is 0 Å². The monoisotopic (exact) mass is 281 g/mol. The summed E-state index contributed by atoms with van der Waals surface area (Å²) >= 11 is 0. The third kappa shape index (κ3) is 2.42. The van der Waals surface area contributed by atoms with E-state index in [4.69, 9.17) is 0 Å². The first-order chi connectivity index (χ1) is 10.1. The van der Waals surface area contributed by atoms with E-state index < -0.39 is 5.54 Å². The van der Waals surface area contributed by atoms with Gasteiger partial charge in [0.1, 0.15) is 5.54 Å². The van der Waals surface area contributed by atoms with Crippen molar-refractivity contribution in [1.29, 1.82) is 0 Å². The summed E-state index contributed by atoms with van der Waals surface area (Å²) in [7, 11) is 0. The fourth-order valence-corrected chi connectivity index (χ4v) is 2.97. The summed E-state index contributed by atoms with van der Waals surface area (Å²) in [5.74, 6) is 0.796. The van der Waals surface area contributed by atoms with Gasteiger partial charge in [-0.05, 0) is 44.9 Å². The standard InChI is InChI=1S/C17H19N3O/c1-13-9-11-18-16(19-13)17(2)10-6-12-20(17)15(21)14-7-4-3-5-8-14/h3-5,7-9,11H,6,10,12H2,1-2H3. The molecule has 0 N–H and O–H groups in total. The molecule has 0 saturated carbocycles. The summed E-state index contributed by atoms with van der Waals surface area (Å²) < 4.78 is 0. The smallest absolute Gasteiger partial charge is 0.254 e. The molecular weight excluding hydrogens is 262 g/mol. The van der Waals surface area contributed by atoms with Crippen LogP contribution in [0.25, 0.3) is 0 Å². The number of amides is 1. The number of carbonyl (C=O) groups excluding carboxylic acids is 1. The topological polar surface area (TPSA) is 46.1 Å². The van der Waals surface area contributed by atoms with E-state index in [-0.39, 0.29) is 5.91 Å². The highest BCUT2D eigenvalue weighted by Gasteiger charge is 2.43. The molecule has 1 fully saturated rings. The molecule has 2 heterocycles. The van der Waals surface area contributed by atoms with Crippen LogP contribution < -0.4 is 0 Å². The third-order valence-corrected chi connectivity index (χ3v) is 4.18. The SMILES string of the molecule is Cc1ccnc(C2(C)CCCN2C(=O)c2ccccc2)n1. The van der Waals surface area contributed by atoms with Crippen LogP contribution in [0.4, 0.5) is 0 Å². The molecule has 1 aliphatic rings. The van der Waals surface area contributed by atoms with E-state index >= 15 is 0 Å². The van der Waals surface area contributed by atoms with Crippen LogP contribution in [-0.4, -0.2) is 27.3 Å². The van der Waals surface area contributed by atoms with Gasteiger partial charge in [0.2, 0.25) is 0 Å². The van der Waals surface area contributed by atoms with Crippen LogP contribution in [0.3, 0.4) is 0 Å². The lowest BCUT2D eigenvalue weighted by atomic mass is 9.96. The van der Waals surface area contributed by atoms with E-state index in [1.54, 1.807) is 6.20 Å². The van der Waals surface area contributed by atoms with Crippen molar-refractivity contribution in [2.24, 2.45) is 0 Å². The lowest BCUT2D eigenvalue weighted by Gasteiger charge is -2.34. The molecule has 21 heavy (non-hydrogen) atoms. The van der Waals surface area contributed by atoms with Crippen LogP contribution in [0.1, 0.15) is 41.6 Å². The Hall–Kier alpha value is -2.23. The van der Waals surface area contributed by atoms with Gasteiger partial charge >= 0.3 is 0 Å². The maximum Gasteiger partial charge on any atom is 0.254 e. The zero-order chi connectivity index (χ0) is 14.9. The molecule has 1 aromatic carbocycles. The predicted octanol–water partition coefficient (Wildman–Crippen LogP) is 2.94. The van der Waals surface area contributed by atoms with E-state index in [2.05, 4.69) is 16.9 Å². The summed E-state index contributed by atoms with van der Waals surface area (Å²) in [6, 6.07) is 11.3. The molecule has 1 amide bonds. The summed E-state index contributed by atoms with van der Waals surface area (Å²) in [6.07, 6.45) is 3.65. The fraction of sp³-hybridized carbons (Fsp3) is 0.353. The molecule has 4 heteroatoms. The van der Waals surface area contributed by atoms with Gasteiger partial charge in [-0.25, -0.2) is 9.97 Å². The van der Waals surface area contributed by atoms with Crippen LogP contribution in [0, 0.1) is 6.92 Å². The molecule has 1 saturated heterocycles. The molecule has 3 rings (SSSR count). The molecule has 2 aromatic rings. The Kier molecular flexibility index (Phi) is 3.45. The molecule has 0 aliphatic carbocycles. The van der Waals surface area contributed by atoms with Crippen LogP contribution in [0.5, 0.6) is 0 Å². The van der Waals surface area contributed by atoms with Crippen molar-refractivity contribution >= 4 is 5.91 Å². The Labute approximate surface area is 124 Å². The van der Waals surface area contributed by atoms with Crippen molar-refractivity contribution in [2.75, 3.05) is 6.54 Å². The predicted molar refractivity (Wildman–Crippen MR) is 80.8 cm³/mol. The van der Waals surface area contributed by atoms with Gasteiger partial charge in [-0.3, -0.25) is 4.79 Å². The second-order valence-electron chi connectivity index (χ2n) is 5.72. The number of aromatic nitrogens is 2. The minimum Gasteiger partial charge on any atom is -0.326 e. The Morgan fingerprint density at radius 1 is 1.24 bits per heavy atom. The van der Waals surface area contributed by atoms with Crippen molar-refractivity contribution in [1.82, 2.24) is 14.9 Å². The molecular formula is C17H19N3O. The van der Waals surface area contributed by atoms with Crippen LogP contribution in [0.2, 0.25) is 0 Å². The van der Waals surface area contributed by atoms with Gasteiger partial charge < -0.3 is 4.90 Å². The number of rotatable bonds is 2. The van der Waals surface area contributed by atoms with Gasteiger partial charge in [0.25, 0.3) is 5.91 Å². The number of hydrogen-bond donors (Lipinski definition) is 0. The molecule has 1 atom stereocenters. The van der Waals surface area contributed by atoms with Gasteiger partial charge in [0.15, 0.2) is 5.82 Å². The number of aryl methyl sites for hydroxylation is 1. The van der Waals surface area contributed by atoms with Gasteiger partial charge in [-0.2, -0.15) is 0 Å². The number of likely N-dealkylation sites (tertiary alicyclic amines) is 1. The zero-order valence-corrected chi connectivity index (χ0v) is 12.4. The Morgan fingerprint density at radius 2 is 2.00 bits per heavy atom. The molecule has 0 spiro atoms. The molecule has 4 nitrogen and oxygen atoms in total. The molecule has 108 valence electrons. The quantitative estimate of drug-likeness (QED) is 0.850. The number of carbonyl (C=O) groups is 1. The average molecular weight is 281 g/mol. The minimum absolute atomic E-state index is 0.0562. The summed E-state index contributed by atoms with van der Waals surface area (Å²) in [5.41, 5.74) is 1.23. The molecule has 1 aliphatic heterocycles. The third-order valence-electron chi connectivity index (χ3n) is 4.18. The first-order valence-corrected chi connectivity index (χ1v) is 7.28. The van der Waals surface area contributed by atoms with E-state index in [1.165, 1.54) is 0 Å². The Balaban J connectivity index is 1.97. The van der Waals surface area contributed by atoms with Crippen molar-refractivity contribution in [3.05, 3.63) is 59.7 Å². The lowest BCUT2D eigenvalue weighted by Crippen LogP contribution is -2.44. The summed E-state index contributed by atoms with van der Waals surface area (Å²) in [6.45, 7) is 4.77. The lowest BCUT2D eigenvalue weighted by molar-refractivity contribution is 0.0603. The number of nitrogens with zero attached hydrogens (tertiary/aromatic N) is 3. The number of hydrogen-bond acceptors (Lipinski definition) is 3. The van der Waals surface area contributed by atoms with Crippen molar-refractivity contribution in [3.8, 4) is 0 Å². The normalized spacial score (nSPS) is 21.5. The second-order valence-corrected chi connectivity index (χ2v) is 5.72. The summed E-state index contributed by atoms with van der Waals surface area (Å²) in [4.78, 5) is 23.7. The molecule has 1 unspecified atom stereocenters. The van der Waals surface area contributed by atoms with Crippen molar-refractivity contribution in [3.63, 3.8) is 0 Å². The highest BCUT2D eigenvalue weighted by molar-refractivity contribution is 5.94. The first kappa shape index (κ1) is 13.7. The van der Waals surface area contributed by atoms with Crippen molar-refractivity contribution in [2.45, 2.75) is 32.2 Å². The molecule has 0 radical (unpaired) electrons. The van der Waals surface area contributed by atoms with Crippen LogP contribution in [0.15, 0.2) is 42.6 Å². The Bertz CT molecular complexity index is 656. The maximum absolute atomic E-state index is 12.8.